The molecule has 4 nitrogen and oxygen atoms in total. The summed E-state index contributed by atoms with van der Waals surface area (Å²) in [5.74, 6) is -0.438. The van der Waals surface area contributed by atoms with E-state index in [0.29, 0.717) is 17.9 Å². The maximum atomic E-state index is 11.0. The van der Waals surface area contributed by atoms with Crippen molar-refractivity contribution in [1.29, 1.82) is 0 Å². The monoisotopic (exact) mass is 224 g/mol. The lowest BCUT2D eigenvalue weighted by atomic mass is 10.1. The van der Waals surface area contributed by atoms with Crippen molar-refractivity contribution in [2.24, 2.45) is 0 Å². The van der Waals surface area contributed by atoms with Gasteiger partial charge in [-0.3, -0.25) is 0 Å². The van der Waals surface area contributed by atoms with E-state index in [1.165, 1.54) is 13.2 Å². The number of carbonyl (C=O) groups is 1. The Labute approximate surface area is 94.8 Å². The van der Waals surface area contributed by atoms with Gasteiger partial charge in [-0.15, -0.1) is 0 Å². The molecule has 1 rings (SSSR count). The number of methoxy groups -OCH3 is 1. The predicted octanol–water partition coefficient (Wildman–Crippen LogP) is 2.32. The second kappa shape index (κ2) is 5.51. The van der Waals surface area contributed by atoms with Crippen LogP contribution in [0.3, 0.4) is 0 Å². The molecule has 0 saturated heterocycles. The average molecular weight is 224 g/mol. The Bertz CT molecular complexity index is 371. The van der Waals surface area contributed by atoms with Crippen LogP contribution in [0.2, 0.25) is 0 Å². The minimum absolute atomic E-state index is 0.0729. The highest BCUT2D eigenvalue weighted by Crippen LogP contribution is 2.19. The fourth-order valence-electron chi connectivity index (χ4n) is 1.26. The van der Waals surface area contributed by atoms with Gasteiger partial charge in [0.25, 0.3) is 0 Å². The minimum Gasteiger partial charge on any atom is -0.497 e. The van der Waals surface area contributed by atoms with Gasteiger partial charge in [-0.25, -0.2) is 4.79 Å². The highest BCUT2D eigenvalue weighted by atomic mass is 16.5. The maximum absolute atomic E-state index is 11.0. The zero-order chi connectivity index (χ0) is 12.1. The van der Waals surface area contributed by atoms with Crippen LogP contribution in [0.25, 0.3) is 0 Å². The van der Waals surface area contributed by atoms with Gasteiger partial charge in [0.2, 0.25) is 0 Å². The third-order valence-electron chi connectivity index (χ3n) is 2.12. The fourth-order valence-corrected chi connectivity index (χ4v) is 1.26. The van der Waals surface area contributed by atoms with Crippen molar-refractivity contribution >= 4 is 5.97 Å². The molecule has 0 radical (unpaired) electrons. The maximum Gasteiger partial charge on any atom is 0.336 e. The summed E-state index contributed by atoms with van der Waals surface area (Å²) in [6.07, 6.45) is 0.0729. The van der Waals surface area contributed by atoms with Gasteiger partial charge < -0.3 is 14.6 Å². The Hall–Kier alpha value is -1.55. The van der Waals surface area contributed by atoms with Gasteiger partial charge in [0.1, 0.15) is 5.75 Å². The summed E-state index contributed by atoms with van der Waals surface area (Å²) < 4.78 is 10.4. The lowest BCUT2D eigenvalue weighted by Crippen LogP contribution is -2.08. The van der Waals surface area contributed by atoms with Gasteiger partial charge in [0, 0.05) is 0 Å². The molecule has 88 valence electrons. The second-order valence-electron chi connectivity index (χ2n) is 3.69. The van der Waals surface area contributed by atoms with Crippen LogP contribution in [-0.4, -0.2) is 24.3 Å². The summed E-state index contributed by atoms with van der Waals surface area (Å²) in [4.78, 5) is 11.0. The van der Waals surface area contributed by atoms with E-state index < -0.39 is 5.97 Å². The summed E-state index contributed by atoms with van der Waals surface area (Å²) in [5.41, 5.74) is 0.877. The SMILES string of the molecule is COc1ccc(COC(C)C)c(C(=O)O)c1. The molecule has 0 aliphatic heterocycles. The molecule has 1 aromatic carbocycles. The molecule has 0 aliphatic rings. The number of aromatic carboxylic acids is 1. The highest BCUT2D eigenvalue weighted by molar-refractivity contribution is 5.89. The minimum atomic E-state index is -0.971. The van der Waals surface area contributed by atoms with Crippen molar-refractivity contribution in [2.45, 2.75) is 26.6 Å². The molecule has 1 N–H and O–H groups in total. The van der Waals surface area contributed by atoms with E-state index in [9.17, 15) is 4.79 Å². The average Bonchev–Trinajstić information content (AvgIpc) is 2.25. The Morgan fingerprint density at radius 1 is 1.44 bits per heavy atom. The molecular weight excluding hydrogens is 208 g/mol. The Morgan fingerprint density at radius 2 is 2.12 bits per heavy atom. The van der Waals surface area contributed by atoms with Gasteiger partial charge in [-0.2, -0.15) is 0 Å². The van der Waals surface area contributed by atoms with Crippen LogP contribution in [-0.2, 0) is 11.3 Å². The molecule has 0 aliphatic carbocycles. The van der Waals surface area contributed by atoms with E-state index in [0.717, 1.165) is 0 Å². The molecule has 0 spiro atoms. The molecule has 0 unspecified atom stereocenters. The van der Waals surface area contributed by atoms with Gasteiger partial charge in [0.05, 0.1) is 25.4 Å². The van der Waals surface area contributed by atoms with Gasteiger partial charge in [-0.1, -0.05) is 6.07 Å². The first-order valence-corrected chi connectivity index (χ1v) is 5.06. The number of carboxylic acid groups (broad SMARTS) is 1. The first-order valence-electron chi connectivity index (χ1n) is 5.06. The number of rotatable bonds is 5. The molecule has 4 heteroatoms. The zero-order valence-corrected chi connectivity index (χ0v) is 9.69. The number of carboxylic acids is 1. The number of ether oxygens (including phenoxy) is 2. The van der Waals surface area contributed by atoms with Crippen molar-refractivity contribution in [3.63, 3.8) is 0 Å². The summed E-state index contributed by atoms with van der Waals surface area (Å²) in [7, 11) is 1.51. The first-order chi connectivity index (χ1) is 7.54. The summed E-state index contributed by atoms with van der Waals surface area (Å²) in [5, 5.41) is 9.04. The third-order valence-corrected chi connectivity index (χ3v) is 2.12. The van der Waals surface area contributed by atoms with Crippen LogP contribution < -0.4 is 4.74 Å². The molecule has 0 aromatic heterocycles. The largest absolute Gasteiger partial charge is 0.497 e. The molecule has 0 fully saturated rings. The van der Waals surface area contributed by atoms with E-state index in [4.69, 9.17) is 14.6 Å². The number of hydrogen-bond acceptors (Lipinski definition) is 3. The first kappa shape index (κ1) is 12.5. The van der Waals surface area contributed by atoms with Crippen LogP contribution in [0, 0.1) is 0 Å². The number of hydrogen-bond donors (Lipinski definition) is 1. The van der Waals surface area contributed by atoms with Crippen LogP contribution in [0.4, 0.5) is 0 Å². The van der Waals surface area contributed by atoms with E-state index in [1.807, 2.05) is 13.8 Å². The van der Waals surface area contributed by atoms with Crippen LogP contribution in [0.1, 0.15) is 29.8 Å². The molecule has 0 atom stereocenters. The molecule has 0 amide bonds. The Kier molecular flexibility index (Phi) is 4.31. The van der Waals surface area contributed by atoms with Crippen molar-refractivity contribution in [3.05, 3.63) is 29.3 Å². The summed E-state index contributed by atoms with van der Waals surface area (Å²) in [6.45, 7) is 4.11. The molecular formula is C12H16O4. The predicted molar refractivity (Wildman–Crippen MR) is 59.9 cm³/mol. The fraction of sp³-hybridized carbons (Fsp3) is 0.417. The van der Waals surface area contributed by atoms with Crippen molar-refractivity contribution in [1.82, 2.24) is 0 Å². The van der Waals surface area contributed by atoms with Crippen molar-refractivity contribution in [3.8, 4) is 5.75 Å². The summed E-state index contributed by atoms with van der Waals surface area (Å²) >= 11 is 0. The Morgan fingerprint density at radius 3 is 2.62 bits per heavy atom. The number of benzene rings is 1. The van der Waals surface area contributed by atoms with E-state index in [-0.39, 0.29) is 11.7 Å². The van der Waals surface area contributed by atoms with E-state index >= 15 is 0 Å². The van der Waals surface area contributed by atoms with Crippen LogP contribution >= 0.6 is 0 Å². The quantitative estimate of drug-likeness (QED) is 0.833. The van der Waals surface area contributed by atoms with Gasteiger partial charge in [0.15, 0.2) is 0 Å². The normalized spacial score (nSPS) is 10.5. The zero-order valence-electron chi connectivity index (χ0n) is 9.69. The lowest BCUT2D eigenvalue weighted by molar-refractivity contribution is 0.0606. The van der Waals surface area contributed by atoms with Crippen molar-refractivity contribution in [2.75, 3.05) is 7.11 Å². The summed E-state index contributed by atoms with van der Waals surface area (Å²) in [6, 6.07) is 4.94. The van der Waals surface area contributed by atoms with Crippen molar-refractivity contribution < 1.29 is 19.4 Å². The van der Waals surface area contributed by atoms with E-state index in [2.05, 4.69) is 0 Å². The topological polar surface area (TPSA) is 55.8 Å². The van der Waals surface area contributed by atoms with Crippen LogP contribution in [0.15, 0.2) is 18.2 Å². The smallest absolute Gasteiger partial charge is 0.336 e. The standard InChI is InChI=1S/C12H16O4/c1-8(2)16-7-9-4-5-10(15-3)6-11(9)12(13)14/h4-6,8H,7H2,1-3H3,(H,13,14). The third kappa shape index (κ3) is 3.24. The molecule has 0 heterocycles. The Balaban J connectivity index is 2.94. The van der Waals surface area contributed by atoms with Crippen LogP contribution in [0.5, 0.6) is 5.75 Å². The van der Waals surface area contributed by atoms with Gasteiger partial charge >= 0.3 is 5.97 Å². The second-order valence-corrected chi connectivity index (χ2v) is 3.69. The molecule has 0 saturated carbocycles. The lowest BCUT2D eigenvalue weighted by Gasteiger charge is -2.11. The van der Waals surface area contributed by atoms with E-state index in [1.54, 1.807) is 12.1 Å². The van der Waals surface area contributed by atoms with Gasteiger partial charge in [-0.05, 0) is 31.5 Å². The highest BCUT2D eigenvalue weighted by Gasteiger charge is 2.11. The molecule has 0 bridgehead atoms. The molecule has 16 heavy (non-hydrogen) atoms. The molecule has 1 aromatic rings.